The van der Waals surface area contributed by atoms with Gasteiger partial charge in [-0.2, -0.15) is 0 Å². The highest BCUT2D eigenvalue weighted by atomic mass is 79.9. The van der Waals surface area contributed by atoms with Gasteiger partial charge < -0.3 is 14.6 Å². The van der Waals surface area contributed by atoms with E-state index >= 15 is 0 Å². The summed E-state index contributed by atoms with van der Waals surface area (Å²) in [6.07, 6.45) is 0.679. The molecule has 0 aliphatic carbocycles. The maximum absolute atomic E-state index is 12.5. The second-order valence-electron chi connectivity index (χ2n) is 6.56. The van der Waals surface area contributed by atoms with Crippen LogP contribution >= 0.6 is 15.9 Å². The van der Waals surface area contributed by atoms with Crippen LogP contribution < -0.4 is 0 Å². The van der Waals surface area contributed by atoms with Gasteiger partial charge in [0.05, 0.1) is 20.3 Å². The molecule has 0 spiro atoms. The van der Waals surface area contributed by atoms with Crippen molar-refractivity contribution in [2.24, 2.45) is 0 Å². The monoisotopic (exact) mass is 454 g/mol. The van der Waals surface area contributed by atoms with E-state index in [4.69, 9.17) is 9.47 Å². The molecule has 1 N–H and O–H groups in total. The molecule has 3 aromatic rings. The van der Waals surface area contributed by atoms with Crippen LogP contribution in [-0.4, -0.2) is 23.5 Å². The van der Waals surface area contributed by atoms with Crippen molar-refractivity contribution in [3.63, 3.8) is 0 Å². The minimum absolute atomic E-state index is 0.104. The summed E-state index contributed by atoms with van der Waals surface area (Å²) >= 11 is 3.51. The number of phenols is 1. The largest absolute Gasteiger partial charge is 0.507 e. The van der Waals surface area contributed by atoms with E-state index in [1.54, 1.807) is 6.07 Å². The van der Waals surface area contributed by atoms with Gasteiger partial charge in [0.2, 0.25) is 0 Å². The van der Waals surface area contributed by atoms with E-state index in [2.05, 4.69) is 15.9 Å². The molecule has 0 atom stereocenters. The van der Waals surface area contributed by atoms with E-state index in [9.17, 15) is 9.90 Å². The van der Waals surface area contributed by atoms with Gasteiger partial charge in [-0.25, -0.2) is 4.79 Å². The molecule has 0 bridgehead atoms. The average molecular weight is 455 g/mol. The van der Waals surface area contributed by atoms with Gasteiger partial charge in [-0.1, -0.05) is 76.6 Å². The van der Waals surface area contributed by atoms with Crippen LogP contribution in [0.15, 0.2) is 66.7 Å². The Morgan fingerprint density at radius 1 is 1.00 bits per heavy atom. The summed E-state index contributed by atoms with van der Waals surface area (Å²) in [5.74, 6) is -0.665. The van der Waals surface area contributed by atoms with Gasteiger partial charge in [0, 0.05) is 10.9 Å². The van der Waals surface area contributed by atoms with Crippen LogP contribution in [0.5, 0.6) is 5.75 Å². The van der Waals surface area contributed by atoms with Crippen LogP contribution in [0.1, 0.15) is 27.0 Å². The SMILES string of the molecule is COC(=O)c1c(O)cc(COCc2ccccc2)c(CCBr)c1-c1ccccc1. The van der Waals surface area contributed by atoms with Crippen LogP contribution in [-0.2, 0) is 29.1 Å². The molecule has 0 aliphatic heterocycles. The van der Waals surface area contributed by atoms with Crippen LogP contribution in [0.4, 0.5) is 0 Å². The molecule has 0 fully saturated rings. The van der Waals surface area contributed by atoms with Crippen LogP contribution in [0.25, 0.3) is 11.1 Å². The van der Waals surface area contributed by atoms with Crippen molar-refractivity contribution in [2.45, 2.75) is 19.6 Å². The van der Waals surface area contributed by atoms with Gasteiger partial charge in [-0.3, -0.25) is 0 Å². The number of esters is 1. The number of phenolic OH excluding ortho intramolecular Hbond substituents is 1. The third kappa shape index (κ3) is 5.05. The summed E-state index contributed by atoms with van der Waals surface area (Å²) in [4.78, 5) is 12.5. The summed E-state index contributed by atoms with van der Waals surface area (Å²) < 4.78 is 10.9. The Balaban J connectivity index is 2.04. The number of methoxy groups -OCH3 is 1. The standard InChI is InChI=1S/C24H23BrO4/c1-28-24(27)23-21(26)14-19(16-29-15-17-8-4-2-5-9-17)20(12-13-25)22(23)18-10-6-3-7-11-18/h2-11,14,26H,12-13,15-16H2,1H3. The number of alkyl halides is 1. The highest BCUT2D eigenvalue weighted by Crippen LogP contribution is 2.37. The molecule has 0 heterocycles. The highest BCUT2D eigenvalue weighted by Gasteiger charge is 2.24. The van der Waals surface area contributed by atoms with E-state index in [1.165, 1.54) is 7.11 Å². The molecule has 29 heavy (non-hydrogen) atoms. The molecule has 0 saturated carbocycles. The molecule has 4 nitrogen and oxygen atoms in total. The van der Waals surface area contributed by atoms with E-state index in [1.807, 2.05) is 60.7 Å². The molecule has 0 unspecified atom stereocenters. The molecular weight excluding hydrogens is 432 g/mol. The van der Waals surface area contributed by atoms with Gasteiger partial charge in [0.25, 0.3) is 0 Å². The van der Waals surface area contributed by atoms with E-state index in [-0.39, 0.29) is 11.3 Å². The Morgan fingerprint density at radius 3 is 2.28 bits per heavy atom. The summed E-state index contributed by atoms with van der Waals surface area (Å²) in [5, 5.41) is 11.4. The smallest absolute Gasteiger partial charge is 0.342 e. The van der Waals surface area contributed by atoms with Crippen molar-refractivity contribution >= 4 is 21.9 Å². The van der Waals surface area contributed by atoms with Crippen molar-refractivity contribution < 1.29 is 19.4 Å². The third-order valence-corrected chi connectivity index (χ3v) is 5.07. The van der Waals surface area contributed by atoms with Crippen molar-refractivity contribution in [1.82, 2.24) is 0 Å². The van der Waals surface area contributed by atoms with E-state index < -0.39 is 5.97 Å². The number of aromatic hydroxyl groups is 1. The number of ether oxygens (including phenoxy) is 2. The number of hydrogen-bond acceptors (Lipinski definition) is 4. The Hall–Kier alpha value is -2.63. The molecule has 0 amide bonds. The predicted octanol–water partition coefficient (Wildman–Crippen LogP) is 5.50. The fraction of sp³-hybridized carbons (Fsp3) is 0.208. The first-order chi connectivity index (χ1) is 14.2. The second-order valence-corrected chi connectivity index (χ2v) is 7.35. The van der Waals surface area contributed by atoms with Gasteiger partial charge >= 0.3 is 5.97 Å². The third-order valence-electron chi connectivity index (χ3n) is 4.67. The predicted molar refractivity (Wildman–Crippen MR) is 117 cm³/mol. The maximum atomic E-state index is 12.5. The van der Waals surface area contributed by atoms with Crippen molar-refractivity contribution in [3.8, 4) is 16.9 Å². The first-order valence-electron chi connectivity index (χ1n) is 9.34. The molecule has 0 radical (unpaired) electrons. The topological polar surface area (TPSA) is 55.8 Å². The molecular formula is C24H23BrO4. The second kappa shape index (κ2) is 10.2. The zero-order chi connectivity index (χ0) is 20.6. The van der Waals surface area contributed by atoms with Crippen molar-refractivity contribution in [3.05, 3.63) is 89.0 Å². The van der Waals surface area contributed by atoms with Crippen LogP contribution in [0.2, 0.25) is 0 Å². The lowest BCUT2D eigenvalue weighted by atomic mass is 9.89. The van der Waals surface area contributed by atoms with E-state index in [0.717, 1.165) is 22.3 Å². The van der Waals surface area contributed by atoms with Crippen molar-refractivity contribution in [2.75, 3.05) is 12.4 Å². The number of halogens is 1. The van der Waals surface area contributed by atoms with Crippen LogP contribution in [0.3, 0.4) is 0 Å². The Labute approximate surface area is 179 Å². The Bertz CT molecular complexity index is 956. The summed E-state index contributed by atoms with van der Waals surface area (Å²) in [5.41, 5.74) is 4.61. The number of carbonyl (C=O) groups is 1. The maximum Gasteiger partial charge on any atom is 0.342 e. The lowest BCUT2D eigenvalue weighted by Crippen LogP contribution is -2.10. The Kier molecular flexibility index (Phi) is 7.44. The van der Waals surface area contributed by atoms with Gasteiger partial charge in [-0.05, 0) is 34.7 Å². The molecule has 0 aromatic heterocycles. The number of hydrogen-bond donors (Lipinski definition) is 1. The number of benzene rings is 3. The van der Waals surface area contributed by atoms with Crippen LogP contribution in [0, 0.1) is 0 Å². The molecule has 3 aromatic carbocycles. The summed E-state index contributed by atoms with van der Waals surface area (Å²) in [6, 6.07) is 21.1. The van der Waals surface area contributed by atoms with E-state index in [0.29, 0.717) is 30.5 Å². The fourth-order valence-corrected chi connectivity index (χ4v) is 3.75. The number of rotatable bonds is 8. The lowest BCUT2D eigenvalue weighted by molar-refractivity contribution is 0.0598. The zero-order valence-electron chi connectivity index (χ0n) is 16.2. The normalized spacial score (nSPS) is 10.7. The van der Waals surface area contributed by atoms with Gasteiger partial charge in [-0.15, -0.1) is 0 Å². The quantitative estimate of drug-likeness (QED) is 0.360. The zero-order valence-corrected chi connectivity index (χ0v) is 17.8. The van der Waals surface area contributed by atoms with Gasteiger partial charge in [0.15, 0.2) is 0 Å². The molecule has 0 aliphatic rings. The summed E-state index contributed by atoms with van der Waals surface area (Å²) in [7, 11) is 1.32. The fourth-order valence-electron chi connectivity index (χ4n) is 3.36. The molecule has 3 rings (SSSR count). The molecule has 150 valence electrons. The highest BCUT2D eigenvalue weighted by molar-refractivity contribution is 9.09. The minimum Gasteiger partial charge on any atom is -0.507 e. The minimum atomic E-state index is -0.561. The van der Waals surface area contributed by atoms with Crippen molar-refractivity contribution in [1.29, 1.82) is 0 Å². The molecule has 0 saturated heterocycles. The van der Waals surface area contributed by atoms with Gasteiger partial charge in [0.1, 0.15) is 11.3 Å². The summed E-state index contributed by atoms with van der Waals surface area (Å²) in [6.45, 7) is 0.793. The average Bonchev–Trinajstić information content (AvgIpc) is 2.76. The lowest BCUT2D eigenvalue weighted by Gasteiger charge is -2.19. The Morgan fingerprint density at radius 2 is 1.66 bits per heavy atom. The molecule has 5 heteroatoms. The first kappa shape index (κ1) is 21.1. The first-order valence-corrected chi connectivity index (χ1v) is 10.5. The number of carbonyl (C=O) groups excluding carboxylic acids is 1.